The van der Waals surface area contributed by atoms with Gasteiger partial charge in [-0.25, -0.2) is 0 Å². The lowest BCUT2D eigenvalue weighted by molar-refractivity contribution is 0.941. The second-order valence-electron chi connectivity index (χ2n) is 3.11. The zero-order valence-corrected chi connectivity index (χ0v) is 8.25. The zero-order chi connectivity index (χ0) is 9.84. The number of rotatable bonds is 3. The predicted octanol–water partition coefficient (Wildman–Crippen LogP) is 1.18. The van der Waals surface area contributed by atoms with E-state index >= 15 is 0 Å². The van der Waals surface area contributed by atoms with Crippen molar-refractivity contribution in [3.63, 3.8) is 0 Å². The van der Waals surface area contributed by atoms with Gasteiger partial charge in [0.05, 0.1) is 0 Å². The Morgan fingerprint density at radius 2 is 2.08 bits per heavy atom. The Bertz CT molecular complexity index is 283. The summed E-state index contributed by atoms with van der Waals surface area (Å²) in [6.45, 7) is 3.61. The van der Waals surface area contributed by atoms with Crippen molar-refractivity contribution in [1.82, 2.24) is 0 Å². The molecule has 0 saturated carbocycles. The summed E-state index contributed by atoms with van der Waals surface area (Å²) in [5.74, 6) is 0. The molecule has 0 fully saturated rings. The summed E-state index contributed by atoms with van der Waals surface area (Å²) in [6, 6.07) is 5.85. The first-order valence-electron chi connectivity index (χ1n) is 4.48. The van der Waals surface area contributed by atoms with E-state index in [4.69, 9.17) is 11.5 Å². The van der Waals surface area contributed by atoms with Crippen LogP contribution in [-0.4, -0.2) is 13.6 Å². The molecule has 4 N–H and O–H groups in total. The molecule has 0 aliphatic heterocycles. The topological polar surface area (TPSA) is 55.3 Å². The second-order valence-corrected chi connectivity index (χ2v) is 3.11. The van der Waals surface area contributed by atoms with Crippen LogP contribution < -0.4 is 16.4 Å². The molecule has 1 aromatic carbocycles. The SMILES string of the molecule is CCN(C)c1ccc(N)cc1CN. The van der Waals surface area contributed by atoms with Gasteiger partial charge in [-0.1, -0.05) is 0 Å². The summed E-state index contributed by atoms with van der Waals surface area (Å²) < 4.78 is 0. The van der Waals surface area contributed by atoms with E-state index in [0.29, 0.717) is 6.54 Å². The number of nitrogens with two attached hydrogens (primary N) is 2. The maximum atomic E-state index is 5.67. The van der Waals surface area contributed by atoms with Gasteiger partial charge in [-0.3, -0.25) is 0 Å². The van der Waals surface area contributed by atoms with E-state index in [0.717, 1.165) is 17.8 Å². The Balaban J connectivity index is 3.05. The van der Waals surface area contributed by atoms with Gasteiger partial charge in [0, 0.05) is 31.5 Å². The average Bonchev–Trinajstić information content (AvgIpc) is 2.16. The molecule has 72 valence electrons. The number of benzene rings is 1. The molecule has 0 aliphatic carbocycles. The van der Waals surface area contributed by atoms with E-state index < -0.39 is 0 Å². The fourth-order valence-corrected chi connectivity index (χ4v) is 1.31. The number of nitrogen functional groups attached to an aromatic ring is 1. The Morgan fingerprint density at radius 1 is 1.38 bits per heavy atom. The van der Waals surface area contributed by atoms with Crippen LogP contribution in [0.4, 0.5) is 11.4 Å². The highest BCUT2D eigenvalue weighted by Gasteiger charge is 2.04. The summed E-state index contributed by atoms with van der Waals surface area (Å²) >= 11 is 0. The monoisotopic (exact) mass is 179 g/mol. The molecule has 1 rings (SSSR count). The van der Waals surface area contributed by atoms with E-state index in [-0.39, 0.29) is 0 Å². The molecule has 3 heteroatoms. The predicted molar refractivity (Wildman–Crippen MR) is 57.7 cm³/mol. The first-order valence-corrected chi connectivity index (χ1v) is 4.48. The molecule has 0 saturated heterocycles. The minimum atomic E-state index is 0.532. The molecule has 0 aliphatic rings. The van der Waals surface area contributed by atoms with Crippen molar-refractivity contribution in [2.45, 2.75) is 13.5 Å². The van der Waals surface area contributed by atoms with Gasteiger partial charge in [0.2, 0.25) is 0 Å². The van der Waals surface area contributed by atoms with Crippen molar-refractivity contribution >= 4 is 11.4 Å². The fraction of sp³-hybridized carbons (Fsp3) is 0.400. The third-order valence-electron chi connectivity index (χ3n) is 2.21. The van der Waals surface area contributed by atoms with Gasteiger partial charge in [0.1, 0.15) is 0 Å². The summed E-state index contributed by atoms with van der Waals surface area (Å²) in [7, 11) is 2.05. The molecular formula is C10H17N3. The van der Waals surface area contributed by atoms with Crippen LogP contribution in [0.25, 0.3) is 0 Å². The highest BCUT2D eigenvalue weighted by Crippen LogP contribution is 2.21. The fourth-order valence-electron chi connectivity index (χ4n) is 1.31. The minimum absolute atomic E-state index is 0.532. The lowest BCUT2D eigenvalue weighted by Crippen LogP contribution is -2.18. The number of anilines is 2. The Hall–Kier alpha value is -1.22. The summed E-state index contributed by atoms with van der Waals surface area (Å²) in [6.07, 6.45) is 0. The molecule has 0 bridgehead atoms. The van der Waals surface area contributed by atoms with Crippen molar-refractivity contribution in [2.24, 2.45) is 5.73 Å². The number of hydrogen-bond acceptors (Lipinski definition) is 3. The molecular weight excluding hydrogens is 162 g/mol. The first kappa shape index (κ1) is 9.86. The highest BCUT2D eigenvalue weighted by molar-refractivity contribution is 5.59. The smallest absolute Gasteiger partial charge is 0.0410 e. The molecule has 3 nitrogen and oxygen atoms in total. The maximum Gasteiger partial charge on any atom is 0.0410 e. The minimum Gasteiger partial charge on any atom is -0.399 e. The summed E-state index contributed by atoms with van der Waals surface area (Å²) in [5, 5.41) is 0. The Labute approximate surface area is 79.3 Å². The van der Waals surface area contributed by atoms with E-state index in [1.165, 1.54) is 5.69 Å². The third-order valence-corrected chi connectivity index (χ3v) is 2.21. The third kappa shape index (κ3) is 2.12. The van der Waals surface area contributed by atoms with Gasteiger partial charge < -0.3 is 16.4 Å². The van der Waals surface area contributed by atoms with Crippen LogP contribution in [0.5, 0.6) is 0 Å². The van der Waals surface area contributed by atoms with E-state index in [1.54, 1.807) is 0 Å². The molecule has 0 spiro atoms. The van der Waals surface area contributed by atoms with Gasteiger partial charge >= 0.3 is 0 Å². The van der Waals surface area contributed by atoms with Crippen LogP contribution in [0.3, 0.4) is 0 Å². The zero-order valence-electron chi connectivity index (χ0n) is 8.25. The Morgan fingerprint density at radius 3 is 2.62 bits per heavy atom. The van der Waals surface area contributed by atoms with Gasteiger partial charge in [-0.15, -0.1) is 0 Å². The molecule has 1 aromatic rings. The maximum absolute atomic E-state index is 5.67. The number of hydrogen-bond donors (Lipinski definition) is 2. The van der Waals surface area contributed by atoms with E-state index in [2.05, 4.69) is 11.8 Å². The molecule has 0 atom stereocenters. The molecule has 0 heterocycles. The van der Waals surface area contributed by atoms with Gasteiger partial charge in [-0.05, 0) is 30.7 Å². The van der Waals surface area contributed by atoms with Gasteiger partial charge in [-0.2, -0.15) is 0 Å². The quantitative estimate of drug-likeness (QED) is 0.685. The van der Waals surface area contributed by atoms with E-state index in [1.807, 2.05) is 25.2 Å². The molecule has 0 radical (unpaired) electrons. The first-order chi connectivity index (χ1) is 6.19. The summed E-state index contributed by atoms with van der Waals surface area (Å²) in [4.78, 5) is 2.15. The lowest BCUT2D eigenvalue weighted by Gasteiger charge is -2.20. The van der Waals surface area contributed by atoms with Crippen molar-refractivity contribution in [2.75, 3.05) is 24.2 Å². The van der Waals surface area contributed by atoms with Gasteiger partial charge in [0.25, 0.3) is 0 Å². The van der Waals surface area contributed by atoms with Crippen LogP contribution >= 0.6 is 0 Å². The molecule has 0 unspecified atom stereocenters. The van der Waals surface area contributed by atoms with Crippen molar-refractivity contribution in [3.8, 4) is 0 Å². The van der Waals surface area contributed by atoms with Gasteiger partial charge in [0.15, 0.2) is 0 Å². The molecule has 0 amide bonds. The second kappa shape index (κ2) is 4.14. The molecule has 0 aromatic heterocycles. The summed E-state index contributed by atoms with van der Waals surface area (Å²) in [5.41, 5.74) is 14.3. The van der Waals surface area contributed by atoms with Crippen molar-refractivity contribution in [1.29, 1.82) is 0 Å². The van der Waals surface area contributed by atoms with Crippen LogP contribution in [0.1, 0.15) is 12.5 Å². The van der Waals surface area contributed by atoms with Crippen LogP contribution in [0.2, 0.25) is 0 Å². The van der Waals surface area contributed by atoms with Crippen molar-refractivity contribution < 1.29 is 0 Å². The van der Waals surface area contributed by atoms with E-state index in [9.17, 15) is 0 Å². The normalized spacial score (nSPS) is 10.1. The lowest BCUT2D eigenvalue weighted by atomic mass is 10.1. The van der Waals surface area contributed by atoms with Crippen molar-refractivity contribution in [3.05, 3.63) is 23.8 Å². The largest absolute Gasteiger partial charge is 0.399 e. The number of nitrogens with zero attached hydrogens (tertiary/aromatic N) is 1. The highest BCUT2D eigenvalue weighted by atomic mass is 15.1. The van der Waals surface area contributed by atoms with Crippen LogP contribution in [0, 0.1) is 0 Å². The van der Waals surface area contributed by atoms with Crippen LogP contribution in [-0.2, 0) is 6.54 Å². The molecule has 13 heavy (non-hydrogen) atoms. The average molecular weight is 179 g/mol. The standard InChI is InChI=1S/C10H17N3/c1-3-13(2)10-5-4-9(12)6-8(10)7-11/h4-6H,3,7,11-12H2,1-2H3. The van der Waals surface area contributed by atoms with Crippen LogP contribution in [0.15, 0.2) is 18.2 Å². The Kier molecular flexibility index (Phi) is 3.14.